The Morgan fingerprint density at radius 1 is 1.44 bits per heavy atom. The van der Waals surface area contributed by atoms with Gasteiger partial charge in [0.05, 0.1) is 4.99 Å². The van der Waals surface area contributed by atoms with Crippen molar-refractivity contribution in [1.82, 2.24) is 10.2 Å². The van der Waals surface area contributed by atoms with Crippen LogP contribution in [0.25, 0.3) is 0 Å². The van der Waals surface area contributed by atoms with Crippen LogP contribution in [0, 0.1) is 0 Å². The molecule has 0 aliphatic carbocycles. The fourth-order valence-electron chi connectivity index (χ4n) is 1.46. The van der Waals surface area contributed by atoms with E-state index < -0.39 is 0 Å². The average Bonchev–Trinajstić information content (AvgIpc) is 2.12. The Bertz CT molecular complexity index is 231. The molecule has 4 nitrogen and oxygen atoms in total. The number of carbonyl (C=O) groups excluding carboxylic acids is 1. The van der Waals surface area contributed by atoms with Crippen LogP contribution in [0.2, 0.25) is 0 Å². The molecular weight excluding hydrogens is 222 g/mol. The van der Waals surface area contributed by atoms with Crippen LogP contribution in [-0.2, 0) is 4.79 Å². The quantitative estimate of drug-likeness (QED) is 0.624. The summed E-state index contributed by atoms with van der Waals surface area (Å²) in [6, 6.07) is 0.197. The number of rotatable bonds is 8. The molecule has 0 aliphatic rings. The highest BCUT2D eigenvalue weighted by molar-refractivity contribution is 7.80. The maximum absolute atomic E-state index is 11.4. The van der Waals surface area contributed by atoms with E-state index in [1.54, 1.807) is 0 Å². The minimum absolute atomic E-state index is 0.0824. The lowest BCUT2D eigenvalue weighted by Crippen LogP contribution is -2.37. The van der Waals surface area contributed by atoms with E-state index in [1.807, 2.05) is 13.8 Å². The monoisotopic (exact) mass is 245 g/mol. The fraction of sp³-hybridized carbons (Fsp3) is 0.818. The average molecular weight is 245 g/mol. The van der Waals surface area contributed by atoms with E-state index >= 15 is 0 Å². The number of carbonyl (C=O) groups is 1. The van der Waals surface area contributed by atoms with Gasteiger partial charge in [-0.15, -0.1) is 0 Å². The number of nitrogens with zero attached hydrogens (tertiary/aromatic N) is 1. The highest BCUT2D eigenvalue weighted by Crippen LogP contribution is 1.95. The largest absolute Gasteiger partial charge is 0.392 e. The molecule has 0 aromatic heterocycles. The van der Waals surface area contributed by atoms with Crippen molar-refractivity contribution >= 4 is 23.1 Å². The molecule has 3 N–H and O–H groups in total. The normalized spacial score (nSPS) is 10.8. The Balaban J connectivity index is 3.91. The van der Waals surface area contributed by atoms with Crippen LogP contribution < -0.4 is 11.1 Å². The predicted octanol–water partition coefficient (Wildman–Crippen LogP) is 0.899. The molecule has 1 amide bonds. The molecular formula is C11H23N3OS. The van der Waals surface area contributed by atoms with E-state index in [0.29, 0.717) is 24.5 Å². The molecule has 0 atom stereocenters. The molecule has 0 spiro atoms. The molecule has 0 aromatic rings. The second kappa shape index (κ2) is 8.47. The van der Waals surface area contributed by atoms with Gasteiger partial charge in [-0.1, -0.05) is 19.1 Å². The highest BCUT2D eigenvalue weighted by Gasteiger charge is 2.09. The molecule has 0 aliphatic heterocycles. The summed E-state index contributed by atoms with van der Waals surface area (Å²) in [7, 11) is 0. The van der Waals surface area contributed by atoms with Gasteiger partial charge in [0.25, 0.3) is 0 Å². The van der Waals surface area contributed by atoms with Crippen LogP contribution in [0.3, 0.4) is 0 Å². The van der Waals surface area contributed by atoms with Gasteiger partial charge in [0.1, 0.15) is 0 Å². The summed E-state index contributed by atoms with van der Waals surface area (Å²) in [5.74, 6) is 0.0824. The first-order chi connectivity index (χ1) is 7.45. The topological polar surface area (TPSA) is 58.4 Å². The number of thiocarbonyl (C=S) groups is 1. The fourth-order valence-corrected chi connectivity index (χ4v) is 1.64. The third kappa shape index (κ3) is 8.61. The minimum atomic E-state index is 0.0824. The lowest BCUT2D eigenvalue weighted by Gasteiger charge is -2.20. The highest BCUT2D eigenvalue weighted by atomic mass is 32.1. The molecule has 0 fully saturated rings. The van der Waals surface area contributed by atoms with E-state index in [2.05, 4.69) is 17.1 Å². The summed E-state index contributed by atoms with van der Waals surface area (Å²) < 4.78 is 0. The third-order valence-corrected chi connectivity index (χ3v) is 2.15. The van der Waals surface area contributed by atoms with Crippen LogP contribution in [-0.4, -0.2) is 41.5 Å². The van der Waals surface area contributed by atoms with Crippen molar-refractivity contribution in [2.45, 2.75) is 39.7 Å². The van der Waals surface area contributed by atoms with Crippen LogP contribution in [0.1, 0.15) is 33.6 Å². The lowest BCUT2D eigenvalue weighted by atomic mass is 10.3. The number of nitrogens with one attached hydrogen (secondary N) is 1. The van der Waals surface area contributed by atoms with Gasteiger partial charge in [-0.25, -0.2) is 0 Å². The van der Waals surface area contributed by atoms with E-state index in [-0.39, 0.29) is 11.9 Å². The molecule has 0 rings (SSSR count). The van der Waals surface area contributed by atoms with Crippen LogP contribution >= 0.6 is 12.2 Å². The molecule has 0 unspecified atom stereocenters. The number of amides is 1. The summed E-state index contributed by atoms with van der Waals surface area (Å²) in [6.45, 7) is 8.24. The van der Waals surface area contributed by atoms with E-state index in [1.165, 1.54) is 0 Å². The van der Waals surface area contributed by atoms with Gasteiger partial charge < -0.3 is 11.1 Å². The van der Waals surface area contributed by atoms with Gasteiger partial charge in [-0.05, 0) is 26.8 Å². The van der Waals surface area contributed by atoms with E-state index in [4.69, 9.17) is 18.0 Å². The smallest absolute Gasteiger partial charge is 0.221 e. The van der Waals surface area contributed by atoms with E-state index in [0.717, 1.165) is 13.0 Å². The molecule has 5 heteroatoms. The SMILES string of the molecule is CCCN(CCC(=O)NC(C)C)CC(N)=S. The first kappa shape index (κ1) is 15.3. The Morgan fingerprint density at radius 2 is 2.06 bits per heavy atom. The molecule has 16 heavy (non-hydrogen) atoms. The Morgan fingerprint density at radius 3 is 2.50 bits per heavy atom. The van der Waals surface area contributed by atoms with Gasteiger partial charge in [0.15, 0.2) is 0 Å². The second-order valence-electron chi connectivity index (χ2n) is 4.21. The summed E-state index contributed by atoms with van der Waals surface area (Å²) in [4.78, 5) is 14.0. The Kier molecular flexibility index (Phi) is 8.11. The van der Waals surface area contributed by atoms with Crippen LogP contribution in [0.5, 0.6) is 0 Å². The van der Waals surface area contributed by atoms with Gasteiger partial charge >= 0.3 is 0 Å². The minimum Gasteiger partial charge on any atom is -0.392 e. The standard InChI is InChI=1S/C11H23N3OS/c1-4-6-14(8-10(12)16)7-5-11(15)13-9(2)3/h9H,4-8H2,1-3H3,(H2,12,16)(H,13,15). The van der Waals surface area contributed by atoms with Gasteiger partial charge in [0.2, 0.25) is 5.91 Å². The van der Waals surface area contributed by atoms with Crippen molar-refractivity contribution in [3.8, 4) is 0 Å². The van der Waals surface area contributed by atoms with Gasteiger partial charge in [-0.3, -0.25) is 9.69 Å². The Hall–Kier alpha value is -0.680. The summed E-state index contributed by atoms with van der Waals surface area (Å²) in [5.41, 5.74) is 5.50. The molecule has 94 valence electrons. The zero-order valence-electron chi connectivity index (χ0n) is 10.5. The number of nitrogens with two attached hydrogens (primary N) is 1. The van der Waals surface area contributed by atoms with Crippen molar-refractivity contribution in [2.75, 3.05) is 19.6 Å². The van der Waals surface area contributed by atoms with Crippen LogP contribution in [0.15, 0.2) is 0 Å². The van der Waals surface area contributed by atoms with Crippen LogP contribution in [0.4, 0.5) is 0 Å². The number of hydrogen-bond acceptors (Lipinski definition) is 3. The van der Waals surface area contributed by atoms with Crippen molar-refractivity contribution in [3.05, 3.63) is 0 Å². The summed E-state index contributed by atoms with van der Waals surface area (Å²) in [6.07, 6.45) is 1.54. The van der Waals surface area contributed by atoms with Crippen molar-refractivity contribution in [3.63, 3.8) is 0 Å². The number of hydrogen-bond donors (Lipinski definition) is 2. The maximum Gasteiger partial charge on any atom is 0.221 e. The maximum atomic E-state index is 11.4. The molecule has 0 heterocycles. The zero-order chi connectivity index (χ0) is 12.6. The lowest BCUT2D eigenvalue weighted by molar-refractivity contribution is -0.121. The molecule has 0 radical (unpaired) electrons. The van der Waals surface area contributed by atoms with Crippen molar-refractivity contribution in [2.24, 2.45) is 5.73 Å². The second-order valence-corrected chi connectivity index (χ2v) is 4.74. The molecule has 0 saturated carbocycles. The predicted molar refractivity (Wildman–Crippen MR) is 71.4 cm³/mol. The van der Waals surface area contributed by atoms with Crippen molar-refractivity contribution < 1.29 is 4.79 Å². The summed E-state index contributed by atoms with van der Waals surface area (Å²) >= 11 is 4.87. The van der Waals surface area contributed by atoms with Gasteiger partial charge in [0, 0.05) is 25.6 Å². The first-order valence-corrected chi connectivity index (χ1v) is 6.16. The van der Waals surface area contributed by atoms with Crippen molar-refractivity contribution in [1.29, 1.82) is 0 Å². The molecule has 0 aromatic carbocycles. The third-order valence-electron chi connectivity index (χ3n) is 2.02. The molecule has 0 saturated heterocycles. The molecule has 0 bridgehead atoms. The Labute approximate surface area is 104 Å². The van der Waals surface area contributed by atoms with Gasteiger partial charge in [-0.2, -0.15) is 0 Å². The summed E-state index contributed by atoms with van der Waals surface area (Å²) in [5, 5.41) is 2.86. The first-order valence-electron chi connectivity index (χ1n) is 5.75. The van der Waals surface area contributed by atoms with E-state index in [9.17, 15) is 4.79 Å². The zero-order valence-corrected chi connectivity index (χ0v) is 11.3.